The van der Waals surface area contributed by atoms with Crippen molar-refractivity contribution in [2.45, 2.75) is 0 Å². The van der Waals surface area contributed by atoms with Gasteiger partial charge in [-0.25, -0.2) is 0 Å². The second-order valence-electron chi connectivity index (χ2n) is 4.40. The van der Waals surface area contributed by atoms with Crippen molar-refractivity contribution in [2.24, 2.45) is 0 Å². The van der Waals surface area contributed by atoms with Gasteiger partial charge in [-0.15, -0.1) is 0 Å². The molecular formula is C17H13ClN2O2. The van der Waals surface area contributed by atoms with E-state index >= 15 is 0 Å². The topological polar surface area (TPSA) is 62.1 Å². The molecule has 0 unspecified atom stereocenters. The minimum absolute atomic E-state index is 0.0122. The Balaban J connectivity index is 2.14. The number of nitrogens with zero attached hydrogens (tertiary/aromatic N) is 1. The van der Waals surface area contributed by atoms with Crippen LogP contribution in [0.5, 0.6) is 5.75 Å². The lowest BCUT2D eigenvalue weighted by Gasteiger charge is -2.05. The van der Waals surface area contributed by atoms with Crippen molar-refractivity contribution in [3.8, 4) is 11.8 Å². The van der Waals surface area contributed by atoms with E-state index in [9.17, 15) is 4.79 Å². The highest BCUT2D eigenvalue weighted by molar-refractivity contribution is 6.30. The molecule has 4 nitrogen and oxygen atoms in total. The van der Waals surface area contributed by atoms with Gasteiger partial charge in [-0.05, 0) is 48.0 Å². The van der Waals surface area contributed by atoms with Crippen LogP contribution in [-0.4, -0.2) is 13.0 Å². The van der Waals surface area contributed by atoms with Gasteiger partial charge in [0.25, 0.3) is 5.91 Å². The Morgan fingerprint density at radius 1 is 1.18 bits per heavy atom. The van der Waals surface area contributed by atoms with Gasteiger partial charge in [-0.2, -0.15) is 5.26 Å². The lowest BCUT2D eigenvalue weighted by Crippen LogP contribution is -2.13. The van der Waals surface area contributed by atoms with E-state index in [1.807, 2.05) is 6.07 Å². The molecule has 0 aliphatic carbocycles. The molecule has 0 atom stereocenters. The van der Waals surface area contributed by atoms with E-state index in [-0.39, 0.29) is 5.57 Å². The molecule has 5 heteroatoms. The smallest absolute Gasteiger partial charge is 0.266 e. The Morgan fingerprint density at radius 2 is 1.82 bits per heavy atom. The van der Waals surface area contributed by atoms with Crippen molar-refractivity contribution in [3.05, 3.63) is 64.7 Å². The Labute approximate surface area is 133 Å². The third-order valence-electron chi connectivity index (χ3n) is 2.89. The molecule has 2 aromatic carbocycles. The largest absolute Gasteiger partial charge is 0.497 e. The Morgan fingerprint density at radius 3 is 2.36 bits per heavy atom. The van der Waals surface area contributed by atoms with Crippen molar-refractivity contribution in [1.29, 1.82) is 5.26 Å². The van der Waals surface area contributed by atoms with Crippen LogP contribution in [0.3, 0.4) is 0 Å². The predicted molar refractivity (Wildman–Crippen MR) is 86.7 cm³/mol. The predicted octanol–water partition coefficient (Wildman–Crippen LogP) is 3.89. The molecule has 0 saturated carbocycles. The molecule has 1 amide bonds. The molecule has 1 N–H and O–H groups in total. The van der Waals surface area contributed by atoms with Crippen LogP contribution in [-0.2, 0) is 4.79 Å². The Bertz CT molecular complexity index is 729. The summed E-state index contributed by atoms with van der Waals surface area (Å²) in [5.41, 5.74) is 1.33. The molecule has 110 valence electrons. The minimum Gasteiger partial charge on any atom is -0.497 e. The van der Waals surface area contributed by atoms with Gasteiger partial charge in [0.15, 0.2) is 0 Å². The third kappa shape index (κ3) is 4.11. The van der Waals surface area contributed by atoms with Gasteiger partial charge in [0.1, 0.15) is 17.4 Å². The Hall–Kier alpha value is -2.77. The number of ether oxygens (including phenoxy) is 1. The third-order valence-corrected chi connectivity index (χ3v) is 3.15. The fraction of sp³-hybridized carbons (Fsp3) is 0.0588. The van der Waals surface area contributed by atoms with Crippen LogP contribution in [0.15, 0.2) is 54.1 Å². The summed E-state index contributed by atoms with van der Waals surface area (Å²) in [5, 5.41) is 12.4. The van der Waals surface area contributed by atoms with Gasteiger partial charge >= 0.3 is 0 Å². The summed E-state index contributed by atoms with van der Waals surface area (Å²) in [7, 11) is 1.57. The molecule has 2 rings (SSSR count). The van der Waals surface area contributed by atoms with Crippen molar-refractivity contribution < 1.29 is 9.53 Å². The maximum Gasteiger partial charge on any atom is 0.266 e. The molecule has 0 fully saturated rings. The molecule has 0 spiro atoms. The monoisotopic (exact) mass is 312 g/mol. The highest BCUT2D eigenvalue weighted by atomic mass is 35.5. The number of nitriles is 1. The van der Waals surface area contributed by atoms with E-state index in [1.54, 1.807) is 55.6 Å². The van der Waals surface area contributed by atoms with E-state index in [1.165, 1.54) is 6.08 Å². The van der Waals surface area contributed by atoms with E-state index < -0.39 is 5.91 Å². The number of amides is 1. The highest BCUT2D eigenvalue weighted by Crippen LogP contribution is 2.17. The molecule has 0 aromatic heterocycles. The lowest BCUT2D eigenvalue weighted by atomic mass is 10.1. The van der Waals surface area contributed by atoms with Crippen LogP contribution in [0.2, 0.25) is 5.02 Å². The molecular weight excluding hydrogens is 300 g/mol. The van der Waals surface area contributed by atoms with Crippen LogP contribution >= 0.6 is 11.6 Å². The van der Waals surface area contributed by atoms with Crippen LogP contribution in [0.4, 0.5) is 5.69 Å². The van der Waals surface area contributed by atoms with Gasteiger partial charge < -0.3 is 10.1 Å². The molecule has 0 aliphatic rings. The van der Waals surface area contributed by atoms with Gasteiger partial charge in [-0.1, -0.05) is 23.7 Å². The number of anilines is 1. The minimum atomic E-state index is -0.470. The molecule has 0 aliphatic heterocycles. The number of hydrogen-bond donors (Lipinski definition) is 1. The molecule has 2 aromatic rings. The number of carbonyl (C=O) groups excluding carboxylic acids is 1. The first-order chi connectivity index (χ1) is 10.6. The molecule has 22 heavy (non-hydrogen) atoms. The van der Waals surface area contributed by atoms with Gasteiger partial charge in [0.2, 0.25) is 0 Å². The average Bonchev–Trinajstić information content (AvgIpc) is 2.55. The summed E-state index contributed by atoms with van der Waals surface area (Å²) in [4.78, 5) is 12.1. The number of benzene rings is 2. The fourth-order valence-electron chi connectivity index (χ4n) is 1.75. The molecule has 0 heterocycles. The zero-order valence-corrected chi connectivity index (χ0v) is 12.6. The molecule has 0 bridgehead atoms. The second-order valence-corrected chi connectivity index (χ2v) is 4.84. The first-order valence-corrected chi connectivity index (χ1v) is 6.83. The maximum absolute atomic E-state index is 12.1. The molecule has 0 radical (unpaired) electrons. The first kappa shape index (κ1) is 15.6. The Kier molecular flexibility index (Phi) is 5.18. The number of nitrogens with one attached hydrogen (secondary N) is 1. The summed E-state index contributed by atoms with van der Waals surface area (Å²) in [6.45, 7) is 0. The van der Waals surface area contributed by atoms with Crippen LogP contribution < -0.4 is 10.1 Å². The van der Waals surface area contributed by atoms with Crippen molar-refractivity contribution >= 4 is 29.3 Å². The molecule has 0 saturated heterocycles. The zero-order chi connectivity index (χ0) is 15.9. The number of carbonyl (C=O) groups is 1. The van der Waals surface area contributed by atoms with E-state index in [4.69, 9.17) is 21.6 Å². The summed E-state index contributed by atoms with van der Waals surface area (Å²) in [5.74, 6) is 0.220. The quantitative estimate of drug-likeness (QED) is 0.688. The first-order valence-electron chi connectivity index (χ1n) is 6.45. The van der Waals surface area contributed by atoms with E-state index in [2.05, 4.69) is 5.32 Å². The average molecular weight is 313 g/mol. The van der Waals surface area contributed by atoms with E-state index in [0.717, 1.165) is 5.56 Å². The van der Waals surface area contributed by atoms with Crippen molar-refractivity contribution in [3.63, 3.8) is 0 Å². The highest BCUT2D eigenvalue weighted by Gasteiger charge is 2.09. The zero-order valence-electron chi connectivity index (χ0n) is 11.8. The number of rotatable bonds is 4. The van der Waals surface area contributed by atoms with Gasteiger partial charge in [0, 0.05) is 10.7 Å². The van der Waals surface area contributed by atoms with Crippen LogP contribution in [0, 0.1) is 11.3 Å². The van der Waals surface area contributed by atoms with E-state index in [0.29, 0.717) is 16.5 Å². The SMILES string of the molecule is COc1ccc(NC(=O)/C(C#N)=C\c2ccc(Cl)cc2)cc1. The van der Waals surface area contributed by atoms with Crippen LogP contribution in [0.1, 0.15) is 5.56 Å². The summed E-state index contributed by atoms with van der Waals surface area (Å²) in [6, 6.07) is 15.6. The normalized spacial score (nSPS) is 10.7. The van der Waals surface area contributed by atoms with Crippen LogP contribution in [0.25, 0.3) is 6.08 Å². The summed E-state index contributed by atoms with van der Waals surface area (Å²) in [6.07, 6.45) is 1.51. The number of methoxy groups -OCH3 is 1. The fourth-order valence-corrected chi connectivity index (χ4v) is 1.87. The maximum atomic E-state index is 12.1. The van der Waals surface area contributed by atoms with Crippen molar-refractivity contribution in [2.75, 3.05) is 12.4 Å². The summed E-state index contributed by atoms with van der Waals surface area (Å²) >= 11 is 5.80. The summed E-state index contributed by atoms with van der Waals surface area (Å²) < 4.78 is 5.04. The number of hydrogen-bond acceptors (Lipinski definition) is 3. The number of halogens is 1. The van der Waals surface area contributed by atoms with Gasteiger partial charge in [-0.3, -0.25) is 4.79 Å². The lowest BCUT2D eigenvalue weighted by molar-refractivity contribution is -0.112. The van der Waals surface area contributed by atoms with Gasteiger partial charge in [0.05, 0.1) is 7.11 Å². The standard InChI is InChI=1S/C17H13ClN2O2/c1-22-16-8-6-15(7-9-16)20-17(21)13(11-19)10-12-2-4-14(18)5-3-12/h2-10H,1H3,(H,20,21)/b13-10-. The van der Waals surface area contributed by atoms with Crippen molar-refractivity contribution in [1.82, 2.24) is 0 Å². The second kappa shape index (κ2) is 7.30.